The van der Waals surface area contributed by atoms with Gasteiger partial charge < -0.3 is 9.52 Å². The van der Waals surface area contributed by atoms with Crippen LogP contribution in [0.3, 0.4) is 0 Å². The van der Waals surface area contributed by atoms with Crippen molar-refractivity contribution >= 4 is 16.9 Å². The summed E-state index contributed by atoms with van der Waals surface area (Å²) >= 11 is 0. The molecule has 0 radical (unpaired) electrons. The first-order chi connectivity index (χ1) is 9.77. The van der Waals surface area contributed by atoms with Crippen molar-refractivity contribution in [3.05, 3.63) is 67.2 Å². The Balaban J connectivity index is 2.70. The summed E-state index contributed by atoms with van der Waals surface area (Å²) in [5, 5.41) is 9.51. The molecule has 6 nitrogen and oxygen atoms in total. The maximum Gasteiger partial charge on any atom is 0.335 e. The van der Waals surface area contributed by atoms with Gasteiger partial charge in [-0.05, 0) is 24.3 Å². The predicted molar refractivity (Wildman–Crippen MR) is 71.8 cm³/mol. The molecule has 20 heavy (non-hydrogen) atoms. The van der Waals surface area contributed by atoms with Crippen molar-refractivity contribution in [2.75, 3.05) is 0 Å². The highest BCUT2D eigenvalue weighted by atomic mass is 16.4. The van der Waals surface area contributed by atoms with E-state index in [-0.39, 0.29) is 5.56 Å². The van der Waals surface area contributed by atoms with Crippen molar-refractivity contribution < 1.29 is 14.3 Å². The summed E-state index contributed by atoms with van der Waals surface area (Å²) in [6, 6.07) is 6.14. The van der Waals surface area contributed by atoms with Crippen molar-refractivity contribution in [2.45, 2.75) is 0 Å². The fourth-order valence-electron chi connectivity index (χ4n) is 1.41. The molecule has 0 unspecified atom stereocenters. The van der Waals surface area contributed by atoms with Crippen LogP contribution in [0.5, 0.6) is 0 Å². The third-order valence-corrected chi connectivity index (χ3v) is 2.29. The average molecular weight is 269 g/mol. The zero-order valence-corrected chi connectivity index (χ0v) is 10.4. The molecule has 6 heteroatoms. The van der Waals surface area contributed by atoms with E-state index in [4.69, 9.17) is 9.52 Å². The molecule has 0 bridgehead atoms. The number of carbonyl (C=O) groups is 1. The first kappa shape index (κ1) is 13.4. The summed E-state index contributed by atoms with van der Waals surface area (Å²) in [5.41, 5.74) is 0.632. The lowest BCUT2D eigenvalue weighted by atomic mass is 10.2. The molecule has 0 atom stereocenters. The summed E-state index contributed by atoms with van der Waals surface area (Å²) in [6.07, 6.45) is 8.77. The summed E-state index contributed by atoms with van der Waals surface area (Å²) in [4.78, 5) is 22.7. The van der Waals surface area contributed by atoms with Gasteiger partial charge in [0.15, 0.2) is 0 Å². The molecule has 1 heterocycles. The van der Waals surface area contributed by atoms with E-state index in [9.17, 15) is 4.79 Å². The third kappa shape index (κ3) is 3.74. The Hall–Kier alpha value is -3.02. The monoisotopic (exact) mass is 269 g/mol. The zero-order chi connectivity index (χ0) is 14.2. The van der Waals surface area contributed by atoms with Gasteiger partial charge in [-0.2, -0.15) is 0 Å². The van der Waals surface area contributed by atoms with E-state index in [0.29, 0.717) is 11.0 Å². The number of nitrogens with zero attached hydrogens (tertiary/aromatic N) is 3. The summed E-state index contributed by atoms with van der Waals surface area (Å²) in [6.45, 7) is 0. The average Bonchev–Trinajstić information content (AvgIpc) is 2.46. The Morgan fingerprint density at radius 2 is 1.95 bits per heavy atom. The number of carboxylic acids is 1. The first-order valence-electron chi connectivity index (χ1n) is 5.69. The van der Waals surface area contributed by atoms with Gasteiger partial charge in [-0.25, -0.2) is 14.8 Å². The van der Waals surface area contributed by atoms with Crippen LogP contribution in [-0.4, -0.2) is 26.0 Å². The first-order valence-corrected chi connectivity index (χ1v) is 5.69. The summed E-state index contributed by atoms with van der Waals surface area (Å²) < 4.78 is 5.39. The number of hydrogen-bond donors (Lipinski definition) is 1. The Bertz CT molecular complexity index is 725. The Kier molecular flexibility index (Phi) is 4.55. The van der Waals surface area contributed by atoms with E-state index in [2.05, 4.69) is 15.0 Å². The lowest BCUT2D eigenvalue weighted by Crippen LogP contribution is -1.94. The highest BCUT2D eigenvalue weighted by Gasteiger charge is 2.02. The van der Waals surface area contributed by atoms with Crippen LogP contribution in [0, 0.1) is 0 Å². The molecular weight excluding hydrogens is 258 g/mol. The van der Waals surface area contributed by atoms with Gasteiger partial charge in [0.1, 0.15) is 18.2 Å². The SMILES string of the molecule is O=C(O)c1ccc2occncccncncc2c1. The van der Waals surface area contributed by atoms with Crippen LogP contribution >= 0.6 is 0 Å². The van der Waals surface area contributed by atoms with Crippen LogP contribution in [0.1, 0.15) is 10.4 Å². The minimum Gasteiger partial charge on any atom is -0.478 e. The molecule has 0 saturated carbocycles. The van der Waals surface area contributed by atoms with Gasteiger partial charge in [0, 0.05) is 24.0 Å². The van der Waals surface area contributed by atoms with E-state index < -0.39 is 5.97 Å². The van der Waals surface area contributed by atoms with E-state index >= 15 is 0 Å². The molecule has 2 aromatic rings. The van der Waals surface area contributed by atoms with Crippen molar-refractivity contribution in [1.82, 2.24) is 15.0 Å². The standard InChI is InChI=1S/C14H11N3O3/c18-14(19)11-2-3-13-12(8-11)9-17-10-16-5-1-4-15-6-7-20-13/h1-10H,(H,18,19). The molecule has 0 spiro atoms. The number of carboxylic acid groups (broad SMARTS) is 1. The Morgan fingerprint density at radius 3 is 2.80 bits per heavy atom. The van der Waals surface area contributed by atoms with Crippen LogP contribution in [0.15, 0.2) is 66.1 Å². The molecule has 2 rings (SSSR count). The van der Waals surface area contributed by atoms with Crippen LogP contribution in [0.4, 0.5) is 0 Å². The maximum absolute atomic E-state index is 11.0. The van der Waals surface area contributed by atoms with E-state index in [1.165, 1.54) is 43.3 Å². The van der Waals surface area contributed by atoms with Gasteiger partial charge in [-0.15, -0.1) is 0 Å². The molecule has 0 aliphatic rings. The largest absolute Gasteiger partial charge is 0.478 e. The maximum atomic E-state index is 11.0. The van der Waals surface area contributed by atoms with Crippen LogP contribution < -0.4 is 0 Å². The number of fused-ring (bicyclic) bond motifs is 1. The van der Waals surface area contributed by atoms with Crippen molar-refractivity contribution in [2.24, 2.45) is 0 Å². The van der Waals surface area contributed by atoms with Gasteiger partial charge in [-0.3, -0.25) is 4.98 Å². The van der Waals surface area contributed by atoms with Crippen LogP contribution in [0.25, 0.3) is 11.0 Å². The Morgan fingerprint density at radius 1 is 1.10 bits per heavy atom. The molecule has 1 N–H and O–H groups in total. The van der Waals surface area contributed by atoms with Gasteiger partial charge in [-0.1, -0.05) is 0 Å². The highest BCUT2D eigenvalue weighted by Crippen LogP contribution is 2.12. The highest BCUT2D eigenvalue weighted by molar-refractivity contribution is 5.92. The van der Waals surface area contributed by atoms with Crippen molar-refractivity contribution in [1.29, 1.82) is 0 Å². The van der Waals surface area contributed by atoms with Crippen molar-refractivity contribution in [3.8, 4) is 0 Å². The van der Waals surface area contributed by atoms with Crippen LogP contribution in [-0.2, 0) is 0 Å². The minimum absolute atomic E-state index is 0.155. The number of rotatable bonds is 1. The number of benzene rings is 1. The lowest BCUT2D eigenvalue weighted by Gasteiger charge is -1.95. The molecule has 0 aliphatic heterocycles. The minimum atomic E-state index is -1.01. The lowest BCUT2D eigenvalue weighted by molar-refractivity contribution is 0.0697. The smallest absolute Gasteiger partial charge is 0.335 e. The number of aromatic nitrogens is 3. The molecule has 100 valence electrons. The van der Waals surface area contributed by atoms with E-state index in [1.54, 1.807) is 18.3 Å². The molecule has 0 amide bonds. The molecular formula is C14H11N3O3. The fraction of sp³-hybridized carbons (Fsp3) is 0. The second-order valence-electron chi connectivity index (χ2n) is 3.64. The van der Waals surface area contributed by atoms with Gasteiger partial charge in [0.2, 0.25) is 0 Å². The molecule has 1 aromatic carbocycles. The van der Waals surface area contributed by atoms with Crippen LogP contribution in [0.2, 0.25) is 0 Å². The molecule has 0 fully saturated rings. The second kappa shape index (κ2) is 6.79. The third-order valence-electron chi connectivity index (χ3n) is 2.29. The van der Waals surface area contributed by atoms with E-state index in [1.807, 2.05) is 0 Å². The van der Waals surface area contributed by atoms with Crippen molar-refractivity contribution in [3.63, 3.8) is 0 Å². The van der Waals surface area contributed by atoms with E-state index in [0.717, 1.165) is 0 Å². The zero-order valence-electron chi connectivity index (χ0n) is 10.4. The Labute approximate surface area is 114 Å². The number of aromatic carboxylic acids is 1. The molecule has 0 saturated heterocycles. The quantitative estimate of drug-likeness (QED) is 0.855. The van der Waals surface area contributed by atoms with Gasteiger partial charge >= 0.3 is 5.97 Å². The fourth-order valence-corrected chi connectivity index (χ4v) is 1.41. The summed E-state index contributed by atoms with van der Waals surface area (Å²) in [7, 11) is 0. The molecule has 1 aromatic heterocycles. The van der Waals surface area contributed by atoms with Gasteiger partial charge in [0.25, 0.3) is 0 Å². The molecule has 0 aliphatic carbocycles. The van der Waals surface area contributed by atoms with Gasteiger partial charge in [0.05, 0.1) is 11.8 Å². The second-order valence-corrected chi connectivity index (χ2v) is 3.64. The normalized spacial score (nSPS) is 9.40. The predicted octanol–water partition coefficient (Wildman–Crippen LogP) is 2.56. The number of hydrogen-bond acceptors (Lipinski definition) is 5. The summed E-state index contributed by atoms with van der Waals surface area (Å²) in [5.74, 6) is -1.01. The topological polar surface area (TPSA) is 89.1 Å².